The minimum absolute atomic E-state index is 0.0167. The molecule has 0 spiro atoms. The van der Waals surface area contributed by atoms with Gasteiger partial charge in [0.1, 0.15) is 12.1 Å². The fraction of sp³-hybridized carbons (Fsp3) is 0.485. The van der Waals surface area contributed by atoms with E-state index in [0.717, 1.165) is 19.4 Å². The number of fused-ring (bicyclic) bond motifs is 4. The minimum Gasteiger partial charge on any atom is -0.493 e. The summed E-state index contributed by atoms with van der Waals surface area (Å²) in [6, 6.07) is 5.89. The highest BCUT2D eigenvalue weighted by molar-refractivity contribution is 6.11. The van der Waals surface area contributed by atoms with E-state index in [1.54, 1.807) is 31.4 Å². The predicted molar refractivity (Wildman–Crippen MR) is 167 cm³/mol. The van der Waals surface area contributed by atoms with Crippen LogP contribution in [-0.2, 0) is 14.3 Å². The van der Waals surface area contributed by atoms with Crippen LogP contribution < -0.4 is 24.3 Å². The van der Waals surface area contributed by atoms with Crippen LogP contribution in [0.1, 0.15) is 66.7 Å². The standard InChI is InChI=1S/C33H38N4O9/c1-18(45-30-14-24-22(12-28(30)43-4)32(40)36-9-5-8-20(36)16-34-24)7-6-10-44-29-15-25-23(13-27(29)42-3)33(41)37-17-21(46-19(2)38)11-26(37)31(39)35-25/h12-16,18,20-21,26H,5-11,17H2,1-4H3,(H,35,39)/t18?,20-,21-,26+/m1/s1. The fourth-order valence-electron chi connectivity index (χ4n) is 6.50. The van der Waals surface area contributed by atoms with Gasteiger partial charge in [-0.1, -0.05) is 0 Å². The van der Waals surface area contributed by atoms with Crippen LogP contribution in [0, 0.1) is 0 Å². The average Bonchev–Trinajstić information content (AvgIpc) is 3.64. The Labute approximate surface area is 266 Å². The molecule has 0 aliphatic carbocycles. The van der Waals surface area contributed by atoms with Crippen molar-refractivity contribution in [1.29, 1.82) is 0 Å². The number of aliphatic imine (C=N–C) groups is 1. The van der Waals surface area contributed by atoms with Gasteiger partial charge < -0.3 is 38.8 Å². The van der Waals surface area contributed by atoms with Gasteiger partial charge in [0, 0.05) is 38.2 Å². The molecule has 2 aromatic rings. The van der Waals surface area contributed by atoms with Crippen molar-refractivity contribution in [3.05, 3.63) is 35.4 Å². The molecule has 2 saturated heterocycles. The first kappa shape index (κ1) is 31.2. The molecule has 2 aromatic carbocycles. The SMILES string of the molecule is COc1cc2c(cc1OCCCC(C)Oc1cc3c(cc1OC)C(=O)N1CCC[C@@H]1C=N3)NC(=O)[C@@H]1C[C@@H](OC(C)=O)CN1C2=O. The summed E-state index contributed by atoms with van der Waals surface area (Å²) >= 11 is 0. The third-order valence-corrected chi connectivity index (χ3v) is 8.75. The second kappa shape index (κ2) is 12.9. The topological polar surface area (TPSA) is 145 Å². The molecule has 2 fully saturated rings. The van der Waals surface area contributed by atoms with Crippen LogP contribution in [0.2, 0.25) is 0 Å². The van der Waals surface area contributed by atoms with Crippen LogP contribution in [0.4, 0.5) is 11.4 Å². The molecule has 0 bridgehead atoms. The first-order valence-corrected chi connectivity index (χ1v) is 15.5. The lowest BCUT2D eigenvalue weighted by atomic mass is 10.1. The van der Waals surface area contributed by atoms with Crippen LogP contribution in [0.3, 0.4) is 0 Å². The molecule has 3 amide bonds. The summed E-state index contributed by atoms with van der Waals surface area (Å²) in [7, 11) is 3.03. The van der Waals surface area contributed by atoms with Crippen molar-refractivity contribution in [2.75, 3.05) is 39.2 Å². The number of ether oxygens (including phenoxy) is 5. The van der Waals surface area contributed by atoms with Crippen LogP contribution >= 0.6 is 0 Å². The van der Waals surface area contributed by atoms with Gasteiger partial charge in [-0.2, -0.15) is 0 Å². The smallest absolute Gasteiger partial charge is 0.302 e. The maximum Gasteiger partial charge on any atom is 0.302 e. The molecule has 0 aromatic heterocycles. The van der Waals surface area contributed by atoms with Crippen LogP contribution in [0.15, 0.2) is 29.3 Å². The van der Waals surface area contributed by atoms with Crippen molar-refractivity contribution >= 4 is 41.3 Å². The molecule has 6 rings (SSSR count). The number of benzene rings is 2. The molecule has 244 valence electrons. The number of hydrogen-bond donors (Lipinski definition) is 1. The van der Waals surface area contributed by atoms with Gasteiger partial charge in [-0.3, -0.25) is 24.2 Å². The van der Waals surface area contributed by atoms with Gasteiger partial charge in [-0.25, -0.2) is 0 Å². The second-order valence-electron chi connectivity index (χ2n) is 11.9. The van der Waals surface area contributed by atoms with E-state index in [2.05, 4.69) is 10.3 Å². The van der Waals surface area contributed by atoms with E-state index in [1.165, 1.54) is 18.9 Å². The fourth-order valence-corrected chi connectivity index (χ4v) is 6.50. The van der Waals surface area contributed by atoms with Crippen molar-refractivity contribution < 1.29 is 42.9 Å². The number of hydrogen-bond acceptors (Lipinski definition) is 10. The van der Waals surface area contributed by atoms with Crippen molar-refractivity contribution in [2.24, 2.45) is 4.99 Å². The Balaban J connectivity index is 1.08. The normalized spacial score (nSPS) is 22.1. The first-order chi connectivity index (χ1) is 22.2. The summed E-state index contributed by atoms with van der Waals surface area (Å²) in [5, 5.41) is 2.83. The van der Waals surface area contributed by atoms with Gasteiger partial charge in [0.2, 0.25) is 5.91 Å². The van der Waals surface area contributed by atoms with Crippen molar-refractivity contribution in [1.82, 2.24) is 9.80 Å². The molecule has 4 aliphatic heterocycles. The van der Waals surface area contributed by atoms with Crippen LogP contribution in [0.25, 0.3) is 0 Å². The molecule has 13 heteroatoms. The van der Waals surface area contributed by atoms with E-state index in [4.69, 9.17) is 23.7 Å². The van der Waals surface area contributed by atoms with Crippen molar-refractivity contribution in [3.63, 3.8) is 0 Å². The zero-order valence-corrected chi connectivity index (χ0v) is 26.4. The molecule has 46 heavy (non-hydrogen) atoms. The monoisotopic (exact) mass is 634 g/mol. The van der Waals surface area contributed by atoms with Crippen molar-refractivity contribution in [3.8, 4) is 23.0 Å². The quantitative estimate of drug-likeness (QED) is 0.305. The summed E-state index contributed by atoms with van der Waals surface area (Å²) in [4.78, 5) is 58.9. The zero-order chi connectivity index (χ0) is 32.5. The van der Waals surface area contributed by atoms with Gasteiger partial charge in [-0.05, 0) is 44.7 Å². The maximum absolute atomic E-state index is 13.4. The number of methoxy groups -OCH3 is 2. The van der Waals surface area contributed by atoms with Gasteiger partial charge >= 0.3 is 5.97 Å². The summed E-state index contributed by atoms with van der Waals surface area (Å²) in [6.45, 7) is 4.42. The average molecular weight is 635 g/mol. The summed E-state index contributed by atoms with van der Waals surface area (Å²) < 4.78 is 28.6. The number of nitrogens with zero attached hydrogens (tertiary/aromatic N) is 3. The Kier molecular flexibility index (Phi) is 8.74. The van der Waals surface area contributed by atoms with Crippen LogP contribution in [0.5, 0.6) is 23.0 Å². The number of carbonyl (C=O) groups excluding carboxylic acids is 4. The molecular formula is C33H38N4O9. The Morgan fingerprint density at radius 3 is 2.50 bits per heavy atom. The van der Waals surface area contributed by atoms with Crippen molar-refractivity contribution in [2.45, 2.75) is 70.2 Å². The van der Waals surface area contributed by atoms with Gasteiger partial charge in [-0.15, -0.1) is 0 Å². The van der Waals surface area contributed by atoms with E-state index in [-0.39, 0.29) is 48.4 Å². The summed E-state index contributed by atoms with van der Waals surface area (Å²) in [6.07, 6.45) is 4.46. The highest BCUT2D eigenvalue weighted by atomic mass is 16.5. The number of esters is 1. The molecule has 1 N–H and O–H groups in total. The second-order valence-corrected chi connectivity index (χ2v) is 11.9. The summed E-state index contributed by atoms with van der Waals surface area (Å²) in [5.41, 5.74) is 1.67. The molecule has 0 radical (unpaired) electrons. The molecule has 4 atom stereocenters. The number of rotatable bonds is 10. The van der Waals surface area contributed by atoms with E-state index < -0.39 is 18.1 Å². The van der Waals surface area contributed by atoms with E-state index in [0.29, 0.717) is 59.4 Å². The molecular weight excluding hydrogens is 596 g/mol. The highest BCUT2D eigenvalue weighted by Gasteiger charge is 2.44. The molecule has 4 heterocycles. The number of nitrogens with one attached hydrogen (secondary N) is 1. The van der Waals surface area contributed by atoms with Crippen LogP contribution in [-0.4, -0.2) is 97.9 Å². The Bertz CT molecular complexity index is 1590. The third kappa shape index (κ3) is 6.05. The van der Waals surface area contributed by atoms with E-state index in [1.807, 2.05) is 18.0 Å². The Morgan fingerprint density at radius 1 is 1.00 bits per heavy atom. The van der Waals surface area contributed by atoms with Gasteiger partial charge in [0.15, 0.2) is 23.0 Å². The lowest BCUT2D eigenvalue weighted by Crippen LogP contribution is -2.40. The first-order valence-electron chi connectivity index (χ1n) is 15.5. The molecule has 0 saturated carbocycles. The minimum atomic E-state index is -0.746. The third-order valence-electron chi connectivity index (χ3n) is 8.75. The number of anilines is 1. The maximum atomic E-state index is 13.4. The lowest BCUT2D eigenvalue weighted by Gasteiger charge is -2.21. The van der Waals surface area contributed by atoms with Gasteiger partial charge in [0.05, 0.1) is 62.0 Å². The van der Waals surface area contributed by atoms with E-state index in [9.17, 15) is 19.2 Å². The Morgan fingerprint density at radius 2 is 1.74 bits per heavy atom. The molecule has 4 aliphatic rings. The zero-order valence-electron chi connectivity index (χ0n) is 26.4. The van der Waals surface area contributed by atoms with Gasteiger partial charge in [0.25, 0.3) is 11.8 Å². The lowest BCUT2D eigenvalue weighted by molar-refractivity contribution is -0.145. The Hall–Kier alpha value is -4.81. The number of amides is 3. The molecule has 1 unspecified atom stereocenters. The highest BCUT2D eigenvalue weighted by Crippen LogP contribution is 2.40. The summed E-state index contributed by atoms with van der Waals surface area (Å²) in [5.74, 6) is 0.506. The van der Waals surface area contributed by atoms with E-state index >= 15 is 0 Å². The molecule has 13 nitrogen and oxygen atoms in total. The number of carbonyl (C=O) groups is 4. The predicted octanol–water partition coefficient (Wildman–Crippen LogP) is 3.75. The largest absolute Gasteiger partial charge is 0.493 e.